The lowest BCUT2D eigenvalue weighted by molar-refractivity contribution is -0.0677. The van der Waals surface area contributed by atoms with Crippen molar-refractivity contribution < 1.29 is 4.84 Å². The second-order valence-corrected chi connectivity index (χ2v) is 3.18. The molecule has 0 bridgehead atoms. The first-order valence-electron chi connectivity index (χ1n) is 3.22. The topological polar surface area (TPSA) is 21.3 Å². The van der Waals surface area contributed by atoms with Gasteiger partial charge in [0.05, 0.1) is 5.60 Å². The van der Waals surface area contributed by atoms with Crippen LogP contribution in [-0.4, -0.2) is 12.1 Å². The SMILES string of the molecule is CC(C)(C)ONC/C=C/Cl. The molecule has 0 aromatic rings. The molecule has 0 atom stereocenters. The summed E-state index contributed by atoms with van der Waals surface area (Å²) in [6, 6.07) is 0. The Balaban J connectivity index is 3.20. The normalized spacial score (nSPS) is 12.8. The summed E-state index contributed by atoms with van der Waals surface area (Å²) in [6.07, 6.45) is 1.77. The highest BCUT2D eigenvalue weighted by atomic mass is 35.5. The van der Waals surface area contributed by atoms with E-state index in [4.69, 9.17) is 16.4 Å². The molecule has 2 nitrogen and oxygen atoms in total. The minimum absolute atomic E-state index is 0.139. The molecular weight excluding hydrogens is 150 g/mol. The number of hydrogen-bond donors (Lipinski definition) is 1. The third-order valence-corrected chi connectivity index (χ3v) is 0.847. The quantitative estimate of drug-likeness (QED) is 0.508. The summed E-state index contributed by atoms with van der Waals surface area (Å²) < 4.78 is 0. The van der Waals surface area contributed by atoms with E-state index in [9.17, 15) is 0 Å². The van der Waals surface area contributed by atoms with Crippen LogP contribution in [0.5, 0.6) is 0 Å². The van der Waals surface area contributed by atoms with Crippen LogP contribution in [0.4, 0.5) is 0 Å². The highest BCUT2D eigenvalue weighted by molar-refractivity contribution is 6.25. The molecule has 0 rings (SSSR count). The minimum Gasteiger partial charge on any atom is -0.296 e. The highest BCUT2D eigenvalue weighted by Crippen LogP contribution is 2.02. The predicted octanol–water partition coefficient (Wildman–Crippen LogP) is 2.06. The smallest absolute Gasteiger partial charge is 0.0813 e. The third-order valence-electron chi connectivity index (χ3n) is 0.669. The lowest BCUT2D eigenvalue weighted by atomic mass is 10.2. The van der Waals surface area contributed by atoms with Crippen molar-refractivity contribution >= 4 is 11.6 Å². The van der Waals surface area contributed by atoms with Gasteiger partial charge in [0, 0.05) is 12.1 Å². The summed E-state index contributed by atoms with van der Waals surface area (Å²) in [5, 5.41) is 0. The van der Waals surface area contributed by atoms with Crippen LogP contribution in [0.3, 0.4) is 0 Å². The van der Waals surface area contributed by atoms with Crippen LogP contribution in [0.15, 0.2) is 11.6 Å². The fourth-order valence-corrected chi connectivity index (χ4v) is 0.440. The van der Waals surface area contributed by atoms with Crippen molar-refractivity contribution in [2.45, 2.75) is 26.4 Å². The fraction of sp³-hybridized carbons (Fsp3) is 0.714. The maximum Gasteiger partial charge on any atom is 0.0813 e. The molecule has 0 aromatic heterocycles. The first-order chi connectivity index (χ1) is 4.56. The molecule has 0 aromatic carbocycles. The van der Waals surface area contributed by atoms with E-state index in [0.29, 0.717) is 6.54 Å². The Bertz CT molecular complexity index is 107. The number of halogens is 1. The molecule has 0 unspecified atom stereocenters. The van der Waals surface area contributed by atoms with Gasteiger partial charge in [-0.2, -0.15) is 5.48 Å². The van der Waals surface area contributed by atoms with Gasteiger partial charge in [0.15, 0.2) is 0 Å². The number of rotatable bonds is 3. The molecule has 3 heteroatoms. The summed E-state index contributed by atoms with van der Waals surface area (Å²) in [6.45, 7) is 6.57. The van der Waals surface area contributed by atoms with Gasteiger partial charge >= 0.3 is 0 Å². The van der Waals surface area contributed by atoms with Gasteiger partial charge in [-0.1, -0.05) is 17.7 Å². The Morgan fingerprint density at radius 3 is 2.50 bits per heavy atom. The van der Waals surface area contributed by atoms with Gasteiger partial charge < -0.3 is 0 Å². The van der Waals surface area contributed by atoms with Gasteiger partial charge in [0.25, 0.3) is 0 Å². The van der Waals surface area contributed by atoms with Gasteiger partial charge in [0.1, 0.15) is 0 Å². The number of hydroxylamine groups is 1. The van der Waals surface area contributed by atoms with E-state index in [1.54, 1.807) is 6.08 Å². The molecule has 0 aliphatic heterocycles. The molecule has 0 fully saturated rings. The fourth-order valence-electron chi connectivity index (χ4n) is 0.351. The second-order valence-electron chi connectivity index (χ2n) is 2.92. The first-order valence-corrected chi connectivity index (χ1v) is 3.66. The van der Waals surface area contributed by atoms with Crippen molar-refractivity contribution in [2.24, 2.45) is 0 Å². The molecule has 0 saturated carbocycles. The van der Waals surface area contributed by atoms with E-state index in [2.05, 4.69) is 5.48 Å². The molecule has 0 spiro atoms. The molecule has 0 amide bonds. The van der Waals surface area contributed by atoms with E-state index in [1.807, 2.05) is 20.8 Å². The zero-order valence-electron chi connectivity index (χ0n) is 6.65. The summed E-state index contributed by atoms with van der Waals surface area (Å²) in [7, 11) is 0. The molecule has 0 saturated heterocycles. The molecule has 10 heavy (non-hydrogen) atoms. The summed E-state index contributed by atoms with van der Waals surface area (Å²) >= 11 is 5.28. The summed E-state index contributed by atoms with van der Waals surface area (Å²) in [4.78, 5) is 5.17. The van der Waals surface area contributed by atoms with Gasteiger partial charge in [-0.15, -0.1) is 0 Å². The van der Waals surface area contributed by atoms with Crippen molar-refractivity contribution in [1.82, 2.24) is 5.48 Å². The molecule has 0 aliphatic rings. The van der Waals surface area contributed by atoms with E-state index < -0.39 is 0 Å². The maximum atomic E-state index is 5.28. The third kappa shape index (κ3) is 7.95. The Morgan fingerprint density at radius 2 is 2.10 bits per heavy atom. The van der Waals surface area contributed by atoms with Gasteiger partial charge in [0.2, 0.25) is 0 Å². The van der Waals surface area contributed by atoms with Crippen LogP contribution in [0, 0.1) is 0 Å². The molecule has 0 aliphatic carbocycles. The average Bonchev–Trinajstić information content (AvgIpc) is 1.78. The first kappa shape index (κ1) is 9.95. The zero-order valence-corrected chi connectivity index (χ0v) is 7.40. The Kier molecular flexibility index (Phi) is 4.69. The van der Waals surface area contributed by atoms with Crippen molar-refractivity contribution in [3.63, 3.8) is 0 Å². The lowest BCUT2D eigenvalue weighted by Gasteiger charge is -2.18. The Hall–Kier alpha value is -0.0500. The average molecular weight is 164 g/mol. The van der Waals surface area contributed by atoms with Crippen LogP contribution >= 0.6 is 11.6 Å². The van der Waals surface area contributed by atoms with Gasteiger partial charge in [-0.3, -0.25) is 4.84 Å². The van der Waals surface area contributed by atoms with E-state index in [-0.39, 0.29) is 5.60 Å². The molecule has 0 heterocycles. The zero-order chi connectivity index (χ0) is 8.04. The van der Waals surface area contributed by atoms with Crippen molar-refractivity contribution in [3.8, 4) is 0 Å². The van der Waals surface area contributed by atoms with Gasteiger partial charge in [-0.05, 0) is 20.8 Å². The largest absolute Gasteiger partial charge is 0.296 e. The maximum absolute atomic E-state index is 5.28. The Labute approximate surface area is 67.2 Å². The highest BCUT2D eigenvalue weighted by Gasteiger charge is 2.08. The van der Waals surface area contributed by atoms with Gasteiger partial charge in [-0.25, -0.2) is 0 Å². The number of hydrogen-bond acceptors (Lipinski definition) is 2. The second kappa shape index (κ2) is 4.72. The van der Waals surface area contributed by atoms with Crippen molar-refractivity contribution in [3.05, 3.63) is 11.6 Å². The summed E-state index contributed by atoms with van der Waals surface area (Å²) in [5.74, 6) is 0. The predicted molar refractivity (Wildman–Crippen MR) is 43.8 cm³/mol. The van der Waals surface area contributed by atoms with Crippen LogP contribution in [0.25, 0.3) is 0 Å². The molecule has 60 valence electrons. The summed E-state index contributed by atoms with van der Waals surface area (Å²) in [5.41, 5.74) is 4.07. The van der Waals surface area contributed by atoms with E-state index >= 15 is 0 Å². The monoisotopic (exact) mass is 163 g/mol. The Morgan fingerprint density at radius 1 is 1.50 bits per heavy atom. The van der Waals surface area contributed by atoms with Crippen molar-refractivity contribution in [2.75, 3.05) is 6.54 Å². The van der Waals surface area contributed by atoms with Crippen LogP contribution in [0.2, 0.25) is 0 Å². The van der Waals surface area contributed by atoms with E-state index in [1.165, 1.54) is 5.54 Å². The standard InChI is InChI=1S/C7H14ClNO/c1-7(2,3)10-9-6-4-5-8/h4-5,9H,6H2,1-3H3/b5-4+. The van der Waals surface area contributed by atoms with Crippen molar-refractivity contribution in [1.29, 1.82) is 0 Å². The lowest BCUT2D eigenvalue weighted by Crippen LogP contribution is -2.29. The number of nitrogens with one attached hydrogen (secondary N) is 1. The molecular formula is C7H14ClNO. The minimum atomic E-state index is -0.139. The molecule has 0 radical (unpaired) electrons. The van der Waals surface area contributed by atoms with Crippen LogP contribution < -0.4 is 5.48 Å². The van der Waals surface area contributed by atoms with E-state index in [0.717, 1.165) is 0 Å². The van der Waals surface area contributed by atoms with Crippen LogP contribution in [0.1, 0.15) is 20.8 Å². The molecule has 1 N–H and O–H groups in total. The van der Waals surface area contributed by atoms with Crippen LogP contribution in [-0.2, 0) is 4.84 Å².